The molecule has 0 bridgehead atoms. The first-order chi connectivity index (χ1) is 8.38. The Kier molecular flexibility index (Phi) is 4.51. The highest BCUT2D eigenvalue weighted by Gasteiger charge is 1.95. The fraction of sp³-hybridized carbons (Fsp3) is 0.200. The van der Waals surface area contributed by atoms with Gasteiger partial charge < -0.3 is 4.74 Å². The van der Waals surface area contributed by atoms with E-state index >= 15 is 0 Å². The molecule has 0 fully saturated rings. The molecule has 17 heavy (non-hydrogen) atoms. The van der Waals surface area contributed by atoms with E-state index < -0.39 is 0 Å². The van der Waals surface area contributed by atoms with Crippen molar-refractivity contribution in [2.24, 2.45) is 0 Å². The summed E-state index contributed by atoms with van der Waals surface area (Å²) in [6, 6.07) is 18.6. The summed E-state index contributed by atoms with van der Waals surface area (Å²) in [6.07, 6.45) is 3.04. The molecule has 0 N–H and O–H groups in total. The lowest BCUT2D eigenvalue weighted by Gasteiger charge is -2.06. The van der Waals surface area contributed by atoms with Gasteiger partial charge in [0.2, 0.25) is 0 Å². The molecule has 0 radical (unpaired) electrons. The van der Waals surface area contributed by atoms with Crippen LogP contribution in [0.5, 0.6) is 5.75 Å². The standard InChI is InChI=1S/C15H16OS/c1-17-15-9-7-13(8-10-15)11-12-16-14-5-3-2-4-6-14/h2-10H,11-12H2,1H3. The van der Waals surface area contributed by atoms with Gasteiger partial charge in [0.1, 0.15) is 5.75 Å². The second kappa shape index (κ2) is 6.36. The van der Waals surface area contributed by atoms with Crippen LogP contribution in [0.25, 0.3) is 0 Å². The molecule has 0 heterocycles. The first-order valence-electron chi connectivity index (χ1n) is 5.69. The van der Waals surface area contributed by atoms with E-state index in [1.807, 2.05) is 30.3 Å². The summed E-state index contributed by atoms with van der Waals surface area (Å²) in [7, 11) is 0. The minimum atomic E-state index is 0.725. The first-order valence-corrected chi connectivity index (χ1v) is 6.92. The van der Waals surface area contributed by atoms with Crippen LogP contribution < -0.4 is 4.74 Å². The monoisotopic (exact) mass is 244 g/mol. The van der Waals surface area contributed by atoms with Crippen molar-refractivity contribution in [3.05, 3.63) is 60.2 Å². The van der Waals surface area contributed by atoms with Gasteiger partial charge in [0.25, 0.3) is 0 Å². The Bertz CT molecular complexity index is 436. The summed E-state index contributed by atoms with van der Waals surface area (Å²) in [6.45, 7) is 0.725. The Morgan fingerprint density at radius 1 is 0.941 bits per heavy atom. The zero-order chi connectivity index (χ0) is 11.9. The molecule has 0 unspecified atom stereocenters. The molecule has 88 valence electrons. The van der Waals surface area contributed by atoms with Gasteiger partial charge in [-0.15, -0.1) is 11.8 Å². The van der Waals surface area contributed by atoms with Gasteiger partial charge in [-0.2, -0.15) is 0 Å². The Morgan fingerprint density at radius 2 is 1.65 bits per heavy atom. The number of hydrogen-bond donors (Lipinski definition) is 0. The SMILES string of the molecule is CSc1ccc(CCOc2ccccc2)cc1. The van der Waals surface area contributed by atoms with E-state index in [9.17, 15) is 0 Å². The number of para-hydroxylation sites is 1. The number of thioether (sulfide) groups is 1. The molecule has 0 aliphatic rings. The Labute approximate surface area is 107 Å². The number of ether oxygens (including phenoxy) is 1. The maximum absolute atomic E-state index is 5.66. The maximum Gasteiger partial charge on any atom is 0.119 e. The lowest BCUT2D eigenvalue weighted by molar-refractivity contribution is 0.322. The molecule has 2 aromatic rings. The molecule has 0 amide bonds. The van der Waals surface area contributed by atoms with Gasteiger partial charge >= 0.3 is 0 Å². The largest absolute Gasteiger partial charge is 0.493 e. The summed E-state index contributed by atoms with van der Waals surface area (Å²) in [5.74, 6) is 0.938. The van der Waals surface area contributed by atoms with Gasteiger partial charge in [0.05, 0.1) is 6.61 Å². The third-order valence-electron chi connectivity index (χ3n) is 2.56. The van der Waals surface area contributed by atoms with Crippen molar-refractivity contribution in [2.45, 2.75) is 11.3 Å². The van der Waals surface area contributed by atoms with E-state index in [-0.39, 0.29) is 0 Å². The molecular formula is C15H16OS. The smallest absolute Gasteiger partial charge is 0.119 e. The molecule has 0 aliphatic heterocycles. The molecule has 0 saturated heterocycles. The fourth-order valence-electron chi connectivity index (χ4n) is 1.60. The number of benzene rings is 2. The van der Waals surface area contributed by atoms with E-state index in [0.717, 1.165) is 18.8 Å². The number of hydrogen-bond acceptors (Lipinski definition) is 2. The van der Waals surface area contributed by atoms with Gasteiger partial charge in [0.15, 0.2) is 0 Å². The first kappa shape index (κ1) is 12.1. The van der Waals surface area contributed by atoms with Crippen LogP contribution in [0.4, 0.5) is 0 Å². The van der Waals surface area contributed by atoms with Crippen LogP contribution >= 0.6 is 11.8 Å². The van der Waals surface area contributed by atoms with Crippen molar-refractivity contribution >= 4 is 11.8 Å². The molecule has 2 aromatic carbocycles. The second-order valence-corrected chi connectivity index (χ2v) is 4.64. The highest BCUT2D eigenvalue weighted by Crippen LogP contribution is 2.15. The molecule has 1 nitrogen and oxygen atoms in total. The second-order valence-electron chi connectivity index (χ2n) is 3.76. The summed E-state index contributed by atoms with van der Waals surface area (Å²) in [5, 5.41) is 0. The Hall–Kier alpha value is -1.41. The summed E-state index contributed by atoms with van der Waals surface area (Å²) < 4.78 is 5.66. The normalized spacial score (nSPS) is 10.2. The molecule has 2 rings (SSSR count). The van der Waals surface area contributed by atoms with Gasteiger partial charge in [-0.25, -0.2) is 0 Å². The molecule has 0 aromatic heterocycles. The van der Waals surface area contributed by atoms with Crippen LogP contribution in [0.15, 0.2) is 59.5 Å². The molecule has 0 spiro atoms. The van der Waals surface area contributed by atoms with Gasteiger partial charge in [-0.1, -0.05) is 30.3 Å². The van der Waals surface area contributed by atoms with Crippen LogP contribution in [0, 0.1) is 0 Å². The molecule has 0 saturated carbocycles. The van der Waals surface area contributed by atoms with Crippen LogP contribution in [-0.2, 0) is 6.42 Å². The Balaban J connectivity index is 1.82. The van der Waals surface area contributed by atoms with Gasteiger partial charge in [0, 0.05) is 11.3 Å². The molecule has 2 heteroatoms. The van der Waals surface area contributed by atoms with Crippen LogP contribution in [0.3, 0.4) is 0 Å². The highest BCUT2D eigenvalue weighted by molar-refractivity contribution is 7.98. The van der Waals surface area contributed by atoms with Crippen LogP contribution in [0.2, 0.25) is 0 Å². The van der Waals surface area contributed by atoms with Crippen molar-refractivity contribution < 1.29 is 4.74 Å². The van der Waals surface area contributed by atoms with E-state index in [4.69, 9.17) is 4.74 Å². The number of rotatable bonds is 5. The third kappa shape index (κ3) is 3.82. The summed E-state index contributed by atoms with van der Waals surface area (Å²) in [4.78, 5) is 1.30. The van der Waals surface area contributed by atoms with Crippen LogP contribution in [0.1, 0.15) is 5.56 Å². The average Bonchev–Trinajstić information content (AvgIpc) is 2.41. The van der Waals surface area contributed by atoms with Crippen molar-refractivity contribution in [2.75, 3.05) is 12.9 Å². The predicted molar refractivity (Wildman–Crippen MR) is 73.9 cm³/mol. The van der Waals surface area contributed by atoms with Gasteiger partial charge in [-0.3, -0.25) is 0 Å². The van der Waals surface area contributed by atoms with Crippen molar-refractivity contribution in [3.8, 4) is 5.75 Å². The van der Waals surface area contributed by atoms with Gasteiger partial charge in [-0.05, 0) is 36.1 Å². The van der Waals surface area contributed by atoms with Crippen molar-refractivity contribution in [1.29, 1.82) is 0 Å². The lowest BCUT2D eigenvalue weighted by atomic mass is 10.2. The maximum atomic E-state index is 5.66. The zero-order valence-corrected chi connectivity index (χ0v) is 10.7. The van der Waals surface area contributed by atoms with Crippen molar-refractivity contribution in [1.82, 2.24) is 0 Å². The Morgan fingerprint density at radius 3 is 2.29 bits per heavy atom. The minimum Gasteiger partial charge on any atom is -0.493 e. The van der Waals surface area contributed by atoms with Crippen LogP contribution in [-0.4, -0.2) is 12.9 Å². The lowest BCUT2D eigenvalue weighted by Crippen LogP contribution is -2.00. The minimum absolute atomic E-state index is 0.725. The third-order valence-corrected chi connectivity index (χ3v) is 3.31. The molecule has 0 atom stereocenters. The average molecular weight is 244 g/mol. The van der Waals surface area contributed by atoms with E-state index in [0.29, 0.717) is 0 Å². The topological polar surface area (TPSA) is 9.23 Å². The summed E-state index contributed by atoms with van der Waals surface area (Å²) >= 11 is 1.77. The van der Waals surface area contributed by atoms with Crippen molar-refractivity contribution in [3.63, 3.8) is 0 Å². The quantitative estimate of drug-likeness (QED) is 0.734. The molecular weight excluding hydrogens is 228 g/mol. The fourth-order valence-corrected chi connectivity index (χ4v) is 2.00. The molecule has 0 aliphatic carbocycles. The highest BCUT2D eigenvalue weighted by atomic mass is 32.2. The summed E-state index contributed by atoms with van der Waals surface area (Å²) in [5.41, 5.74) is 1.32. The van der Waals surface area contributed by atoms with E-state index in [1.165, 1.54) is 10.5 Å². The zero-order valence-electron chi connectivity index (χ0n) is 9.93. The van der Waals surface area contributed by atoms with E-state index in [1.54, 1.807) is 11.8 Å². The van der Waals surface area contributed by atoms with E-state index in [2.05, 4.69) is 30.5 Å². The predicted octanol–water partition coefficient (Wildman–Crippen LogP) is 4.03.